The maximum absolute atomic E-state index is 12.1. The predicted octanol–water partition coefficient (Wildman–Crippen LogP) is 0.969. The first-order chi connectivity index (χ1) is 8.16. The number of carbonyl (C=O) groups excluding carboxylic acids is 1. The number of aliphatic hydroxyl groups excluding tert-OH is 1. The molecule has 1 saturated heterocycles. The van der Waals surface area contributed by atoms with Gasteiger partial charge < -0.3 is 10.0 Å². The summed E-state index contributed by atoms with van der Waals surface area (Å²) in [4.78, 5) is 15.9. The van der Waals surface area contributed by atoms with Crippen molar-refractivity contribution in [1.82, 2.24) is 9.80 Å². The first kappa shape index (κ1) is 12.6. The van der Waals surface area contributed by atoms with Gasteiger partial charge in [0.1, 0.15) is 0 Å². The minimum atomic E-state index is -0.257. The summed E-state index contributed by atoms with van der Waals surface area (Å²) in [5.74, 6) is 0.146. The maximum atomic E-state index is 12.1. The van der Waals surface area contributed by atoms with Gasteiger partial charge in [-0.15, -0.1) is 0 Å². The van der Waals surface area contributed by atoms with Crippen LogP contribution in [0.2, 0.25) is 0 Å². The number of aliphatic hydroxyl groups is 1. The van der Waals surface area contributed by atoms with Crippen LogP contribution in [0, 0.1) is 0 Å². The summed E-state index contributed by atoms with van der Waals surface area (Å²) in [6, 6.07) is 0. The van der Waals surface area contributed by atoms with Crippen LogP contribution >= 0.6 is 0 Å². The van der Waals surface area contributed by atoms with Gasteiger partial charge in [-0.25, -0.2) is 0 Å². The highest BCUT2D eigenvalue weighted by Crippen LogP contribution is 2.20. The molecule has 0 aromatic carbocycles. The summed E-state index contributed by atoms with van der Waals surface area (Å²) in [5, 5.41) is 9.56. The topological polar surface area (TPSA) is 43.8 Å². The Morgan fingerprint density at radius 1 is 1.59 bits per heavy atom. The van der Waals surface area contributed by atoms with Crippen LogP contribution in [0.15, 0.2) is 11.8 Å². The van der Waals surface area contributed by atoms with Gasteiger partial charge in [-0.05, 0) is 38.6 Å². The molecule has 1 aliphatic heterocycles. The fourth-order valence-corrected chi connectivity index (χ4v) is 2.59. The number of allylic oxidation sites excluding steroid dienone is 2. The van der Waals surface area contributed by atoms with Crippen LogP contribution in [0.4, 0.5) is 0 Å². The highest BCUT2D eigenvalue weighted by atomic mass is 16.3. The number of rotatable bonds is 3. The lowest BCUT2D eigenvalue weighted by Crippen LogP contribution is -2.44. The monoisotopic (exact) mass is 238 g/mol. The molecule has 1 fully saturated rings. The molecule has 0 aromatic rings. The SMILES string of the molecule is CN(C(=O)CN1CCCC(O)C1)C1=CCCC1. The van der Waals surface area contributed by atoms with Crippen molar-refractivity contribution in [3.8, 4) is 0 Å². The molecule has 1 atom stereocenters. The van der Waals surface area contributed by atoms with E-state index >= 15 is 0 Å². The van der Waals surface area contributed by atoms with Gasteiger partial charge in [-0.1, -0.05) is 6.08 Å². The predicted molar refractivity (Wildman–Crippen MR) is 66.4 cm³/mol. The van der Waals surface area contributed by atoms with Gasteiger partial charge in [0.25, 0.3) is 0 Å². The largest absolute Gasteiger partial charge is 0.392 e. The van der Waals surface area contributed by atoms with E-state index in [4.69, 9.17) is 0 Å². The molecule has 0 radical (unpaired) electrons. The highest BCUT2D eigenvalue weighted by Gasteiger charge is 2.22. The molecule has 0 aromatic heterocycles. The molecule has 0 spiro atoms. The Balaban J connectivity index is 1.83. The van der Waals surface area contributed by atoms with Gasteiger partial charge in [0.05, 0.1) is 12.6 Å². The summed E-state index contributed by atoms with van der Waals surface area (Å²) in [6.07, 6.45) is 7.03. The zero-order chi connectivity index (χ0) is 12.3. The van der Waals surface area contributed by atoms with E-state index in [-0.39, 0.29) is 12.0 Å². The molecule has 2 rings (SSSR count). The van der Waals surface area contributed by atoms with Gasteiger partial charge >= 0.3 is 0 Å². The van der Waals surface area contributed by atoms with Gasteiger partial charge in [0.15, 0.2) is 0 Å². The fraction of sp³-hybridized carbons (Fsp3) is 0.769. The molecule has 17 heavy (non-hydrogen) atoms. The lowest BCUT2D eigenvalue weighted by atomic mass is 10.1. The number of nitrogens with zero attached hydrogens (tertiary/aromatic N) is 2. The number of likely N-dealkylation sites (tertiary alicyclic amines) is 1. The van der Waals surface area contributed by atoms with E-state index < -0.39 is 0 Å². The second kappa shape index (κ2) is 5.65. The van der Waals surface area contributed by atoms with E-state index in [1.807, 2.05) is 7.05 Å². The van der Waals surface area contributed by atoms with Crippen LogP contribution in [-0.4, -0.2) is 53.6 Å². The van der Waals surface area contributed by atoms with Crippen molar-refractivity contribution < 1.29 is 9.90 Å². The van der Waals surface area contributed by atoms with Crippen molar-refractivity contribution in [2.75, 3.05) is 26.7 Å². The number of piperidine rings is 1. The van der Waals surface area contributed by atoms with E-state index in [0.717, 1.165) is 44.3 Å². The third-order valence-electron chi connectivity index (χ3n) is 3.66. The number of likely N-dealkylation sites (N-methyl/N-ethyl adjacent to an activating group) is 1. The molecule has 1 amide bonds. The Kier molecular flexibility index (Phi) is 4.18. The number of hydrogen-bond acceptors (Lipinski definition) is 3. The number of amides is 1. The minimum absolute atomic E-state index is 0.146. The van der Waals surface area contributed by atoms with E-state index in [0.29, 0.717) is 13.1 Å². The molecule has 1 aliphatic carbocycles. The second-order valence-corrected chi connectivity index (χ2v) is 5.07. The van der Waals surface area contributed by atoms with Crippen molar-refractivity contribution in [1.29, 1.82) is 0 Å². The molecule has 1 unspecified atom stereocenters. The summed E-state index contributed by atoms with van der Waals surface area (Å²) in [6.45, 7) is 2.00. The average molecular weight is 238 g/mol. The Morgan fingerprint density at radius 3 is 3.06 bits per heavy atom. The number of carbonyl (C=O) groups is 1. The second-order valence-electron chi connectivity index (χ2n) is 5.07. The Hall–Kier alpha value is -0.870. The van der Waals surface area contributed by atoms with E-state index in [9.17, 15) is 9.90 Å². The normalized spacial score (nSPS) is 25.8. The molecule has 96 valence electrons. The standard InChI is InChI=1S/C13H22N2O2/c1-14(11-5-2-3-6-11)13(17)10-15-8-4-7-12(16)9-15/h5,12,16H,2-4,6-10H2,1H3. The third kappa shape index (κ3) is 3.30. The van der Waals surface area contributed by atoms with Gasteiger partial charge in [0.2, 0.25) is 5.91 Å². The Labute approximate surface area is 103 Å². The molecule has 1 N–H and O–H groups in total. The quantitative estimate of drug-likeness (QED) is 0.797. The minimum Gasteiger partial charge on any atom is -0.392 e. The smallest absolute Gasteiger partial charge is 0.240 e. The molecular weight excluding hydrogens is 216 g/mol. The van der Waals surface area contributed by atoms with Crippen LogP contribution in [0.5, 0.6) is 0 Å². The van der Waals surface area contributed by atoms with Crippen LogP contribution in [0.3, 0.4) is 0 Å². The molecule has 1 heterocycles. The molecule has 4 nitrogen and oxygen atoms in total. The summed E-state index contributed by atoms with van der Waals surface area (Å²) >= 11 is 0. The van der Waals surface area contributed by atoms with Gasteiger partial charge in [-0.3, -0.25) is 9.69 Å². The lowest BCUT2D eigenvalue weighted by Gasteiger charge is -2.31. The summed E-state index contributed by atoms with van der Waals surface area (Å²) in [5.41, 5.74) is 1.16. The van der Waals surface area contributed by atoms with Crippen molar-refractivity contribution in [2.24, 2.45) is 0 Å². The van der Waals surface area contributed by atoms with Crippen molar-refractivity contribution >= 4 is 5.91 Å². The first-order valence-electron chi connectivity index (χ1n) is 6.53. The summed E-state index contributed by atoms with van der Waals surface area (Å²) < 4.78 is 0. The van der Waals surface area contributed by atoms with Crippen molar-refractivity contribution in [3.63, 3.8) is 0 Å². The van der Waals surface area contributed by atoms with E-state index in [2.05, 4.69) is 11.0 Å². The van der Waals surface area contributed by atoms with E-state index in [1.54, 1.807) is 4.90 Å². The van der Waals surface area contributed by atoms with Crippen LogP contribution in [-0.2, 0) is 4.79 Å². The molecule has 0 bridgehead atoms. The zero-order valence-electron chi connectivity index (χ0n) is 10.6. The first-order valence-corrected chi connectivity index (χ1v) is 6.53. The zero-order valence-corrected chi connectivity index (χ0v) is 10.6. The van der Waals surface area contributed by atoms with Crippen LogP contribution in [0.1, 0.15) is 32.1 Å². The molecule has 4 heteroatoms. The maximum Gasteiger partial charge on any atom is 0.240 e. The van der Waals surface area contributed by atoms with Gasteiger partial charge in [0, 0.05) is 19.3 Å². The molecule has 0 saturated carbocycles. The van der Waals surface area contributed by atoms with E-state index in [1.165, 1.54) is 0 Å². The molecule has 2 aliphatic rings. The third-order valence-corrected chi connectivity index (χ3v) is 3.66. The lowest BCUT2D eigenvalue weighted by molar-refractivity contribution is -0.130. The fourth-order valence-electron chi connectivity index (χ4n) is 2.59. The highest BCUT2D eigenvalue weighted by molar-refractivity contribution is 5.79. The average Bonchev–Trinajstić information content (AvgIpc) is 2.81. The van der Waals surface area contributed by atoms with Crippen LogP contribution in [0.25, 0.3) is 0 Å². The van der Waals surface area contributed by atoms with Gasteiger partial charge in [-0.2, -0.15) is 0 Å². The number of β-amino-alcohol motifs (C(OH)–C–C–N with tert-alkyl or cyclic N) is 1. The Morgan fingerprint density at radius 2 is 2.41 bits per heavy atom. The number of hydrogen-bond donors (Lipinski definition) is 1. The van der Waals surface area contributed by atoms with Crippen molar-refractivity contribution in [2.45, 2.75) is 38.2 Å². The van der Waals surface area contributed by atoms with Crippen molar-refractivity contribution in [3.05, 3.63) is 11.8 Å². The van der Waals surface area contributed by atoms with Crippen LogP contribution < -0.4 is 0 Å². The Bertz CT molecular complexity index is 315. The summed E-state index contributed by atoms with van der Waals surface area (Å²) in [7, 11) is 1.86. The molecular formula is C13H22N2O2.